The molecule has 22 heteroatoms. The topological polar surface area (TPSA) is 296 Å². The molecule has 446 valence electrons. The Morgan fingerprint density at radius 2 is 1.32 bits per heavy atom. The van der Waals surface area contributed by atoms with E-state index in [1.165, 1.54) is 21.1 Å². The first-order chi connectivity index (χ1) is 37.5. The van der Waals surface area contributed by atoms with Gasteiger partial charge in [-0.25, -0.2) is 4.79 Å². The van der Waals surface area contributed by atoms with Crippen LogP contribution in [0.1, 0.15) is 117 Å². The van der Waals surface area contributed by atoms with Crippen LogP contribution in [0.2, 0.25) is 0 Å². The maximum Gasteiger partial charge on any atom is 0.338 e. The molecule has 8 aliphatic rings. The van der Waals surface area contributed by atoms with E-state index in [1.807, 2.05) is 26.8 Å². The molecule has 0 amide bonds. The molecule has 4 saturated heterocycles. The standard InChI is InChI=1S/C57H86O22/c1-27(70-31(5)59)35-18-21-57(66)55(35,7)40(76-51(64)32-14-12-11-13-15-32)25-39-54(6)19-17-34(22-33(54)16-20-56(39,57)65)74-41-23-36(67-8)47(28(2)71-41)77-42-24-37(68-9)48(29(3)72-42)78-53-46(63)50(69-10)49(30(4)73-53)79-52-45(62)44(61)43(60)38(26-58)75-52/h11-16,27-30,34-50,52-53,58,60-63,65-66H,17-26H2,1-10H3/t27-,28?,29?,30?,34+,35-,36-,37-,38?,39-,40-,41+,42+,43-,44+,45?,46?,47-,48-,49-,50-,52+,53+,54+,55+,56+,57-/m1/s1. The zero-order chi connectivity index (χ0) is 57.1. The van der Waals surface area contributed by atoms with Gasteiger partial charge in [-0.3, -0.25) is 4.79 Å². The summed E-state index contributed by atoms with van der Waals surface area (Å²) in [6.07, 6.45) is -14.2. The van der Waals surface area contributed by atoms with E-state index in [4.69, 9.17) is 61.6 Å². The quantitative estimate of drug-likeness (QED) is 0.0923. The van der Waals surface area contributed by atoms with Crippen LogP contribution >= 0.6 is 0 Å². The highest BCUT2D eigenvalue weighted by Crippen LogP contribution is 2.70. The minimum atomic E-state index is -1.68. The molecule has 6 unspecified atom stereocenters. The molecule has 0 spiro atoms. The number of carbonyl (C=O) groups is 2. The van der Waals surface area contributed by atoms with E-state index in [-0.39, 0.29) is 25.4 Å². The third kappa shape index (κ3) is 11.0. The normalized spacial score (nSPS) is 48.4. The average molecular weight is 1120 g/mol. The van der Waals surface area contributed by atoms with Crippen LogP contribution in [-0.2, 0) is 66.4 Å². The van der Waals surface area contributed by atoms with E-state index < -0.39 is 175 Å². The summed E-state index contributed by atoms with van der Waals surface area (Å²) in [5.74, 6) is -1.85. The van der Waals surface area contributed by atoms with Crippen LogP contribution < -0.4 is 0 Å². The SMILES string of the molecule is CO[C@@H]1C(O)[C@H](O[C@@H]2C(C)O[C@@H](O[C@@H]3C(C)O[C@@H](O[C@H]4CC[C@@]5(C)C(=CC[C@]6(O)[C@@H]5C[C@@H](OC(=O)c5ccccc5)[C@]5(C)[C@@H]([C@@H](C)OC(C)=O)CC[C@@]56O)C4)C[C@H]3OC)C[C@H]2OC)OC(C)[C@H]1O[C@@H]1OC(CO)[C@@H](O)[C@H](O)C1O. The average Bonchev–Trinajstić information content (AvgIpc) is 3.17. The first-order valence-electron chi connectivity index (χ1n) is 28.2. The van der Waals surface area contributed by atoms with Crippen LogP contribution in [0.5, 0.6) is 0 Å². The molecule has 7 fully saturated rings. The predicted molar refractivity (Wildman–Crippen MR) is 274 cm³/mol. The second-order valence-electron chi connectivity index (χ2n) is 23.9. The molecule has 27 atom stereocenters. The lowest BCUT2D eigenvalue weighted by atomic mass is 9.42. The van der Waals surface area contributed by atoms with Crippen molar-refractivity contribution in [2.24, 2.45) is 22.7 Å². The first kappa shape index (κ1) is 60.8. The number of aliphatic hydroxyl groups excluding tert-OH is 5. The Balaban J connectivity index is 0.819. The Kier molecular flexibility index (Phi) is 18.5. The van der Waals surface area contributed by atoms with Gasteiger partial charge in [-0.15, -0.1) is 0 Å². The van der Waals surface area contributed by atoms with E-state index in [0.717, 1.165) is 5.57 Å². The third-order valence-corrected chi connectivity index (χ3v) is 19.6. The summed E-state index contributed by atoms with van der Waals surface area (Å²) < 4.78 is 80.3. The maximum absolute atomic E-state index is 13.9. The van der Waals surface area contributed by atoms with Gasteiger partial charge in [0.15, 0.2) is 25.2 Å². The van der Waals surface area contributed by atoms with Crippen molar-refractivity contribution in [1.82, 2.24) is 0 Å². The van der Waals surface area contributed by atoms with Gasteiger partial charge >= 0.3 is 11.9 Å². The molecule has 79 heavy (non-hydrogen) atoms. The Morgan fingerprint density at radius 3 is 1.94 bits per heavy atom. The van der Waals surface area contributed by atoms with Crippen molar-refractivity contribution in [1.29, 1.82) is 0 Å². The van der Waals surface area contributed by atoms with Crippen molar-refractivity contribution < 1.29 is 107 Å². The molecule has 3 saturated carbocycles. The van der Waals surface area contributed by atoms with E-state index >= 15 is 0 Å². The fourth-order valence-electron chi connectivity index (χ4n) is 15.3. The van der Waals surface area contributed by atoms with Gasteiger partial charge in [-0.1, -0.05) is 43.7 Å². The van der Waals surface area contributed by atoms with Crippen molar-refractivity contribution in [3.8, 4) is 0 Å². The van der Waals surface area contributed by atoms with E-state index in [9.17, 15) is 45.3 Å². The number of benzene rings is 1. The van der Waals surface area contributed by atoms with Crippen molar-refractivity contribution in [2.45, 2.75) is 246 Å². The van der Waals surface area contributed by atoms with Gasteiger partial charge in [0.05, 0.1) is 48.8 Å². The van der Waals surface area contributed by atoms with Crippen LogP contribution in [0.25, 0.3) is 0 Å². The number of rotatable bonds is 16. The fourth-order valence-corrected chi connectivity index (χ4v) is 15.3. The molecule has 4 aliphatic heterocycles. The molecule has 9 rings (SSSR count). The van der Waals surface area contributed by atoms with Gasteiger partial charge in [0.2, 0.25) is 0 Å². The first-order valence-corrected chi connectivity index (χ1v) is 28.2. The zero-order valence-electron chi connectivity index (χ0n) is 47.1. The summed E-state index contributed by atoms with van der Waals surface area (Å²) in [5.41, 5.74) is -3.51. The van der Waals surface area contributed by atoms with Crippen molar-refractivity contribution in [2.75, 3.05) is 27.9 Å². The molecule has 0 bridgehead atoms. The van der Waals surface area contributed by atoms with Crippen LogP contribution in [-0.4, -0.2) is 216 Å². The van der Waals surface area contributed by atoms with Gasteiger partial charge < -0.3 is 97.3 Å². The highest BCUT2D eigenvalue weighted by Gasteiger charge is 2.77. The van der Waals surface area contributed by atoms with Gasteiger partial charge in [0.25, 0.3) is 0 Å². The van der Waals surface area contributed by atoms with E-state index in [1.54, 1.807) is 45.2 Å². The number of hydrogen-bond donors (Lipinski definition) is 7. The highest BCUT2D eigenvalue weighted by atomic mass is 16.8. The Hall–Kier alpha value is -2.82. The Bertz CT molecular complexity index is 2270. The van der Waals surface area contributed by atoms with Gasteiger partial charge in [0.1, 0.15) is 78.3 Å². The van der Waals surface area contributed by atoms with Crippen LogP contribution in [0.3, 0.4) is 0 Å². The largest absolute Gasteiger partial charge is 0.463 e. The number of hydrogen-bond acceptors (Lipinski definition) is 22. The molecule has 4 aliphatic carbocycles. The molecule has 0 aromatic heterocycles. The third-order valence-electron chi connectivity index (χ3n) is 19.6. The summed E-state index contributed by atoms with van der Waals surface area (Å²) in [5, 5.41) is 78.7. The number of carbonyl (C=O) groups excluding carboxylic acids is 2. The van der Waals surface area contributed by atoms with Gasteiger partial charge in [-0.05, 0) is 90.2 Å². The van der Waals surface area contributed by atoms with Crippen molar-refractivity contribution in [3.63, 3.8) is 0 Å². The Labute approximate surface area is 462 Å². The molecule has 1 aromatic rings. The number of esters is 2. The second-order valence-corrected chi connectivity index (χ2v) is 23.9. The number of methoxy groups -OCH3 is 3. The van der Waals surface area contributed by atoms with Gasteiger partial charge in [0, 0.05) is 58.3 Å². The monoisotopic (exact) mass is 1120 g/mol. The molecular weight excluding hydrogens is 1040 g/mol. The van der Waals surface area contributed by atoms with Crippen LogP contribution in [0.4, 0.5) is 0 Å². The lowest BCUT2D eigenvalue weighted by molar-refractivity contribution is -0.373. The summed E-state index contributed by atoms with van der Waals surface area (Å²) in [4.78, 5) is 26.1. The number of aliphatic hydroxyl groups is 7. The predicted octanol–water partition coefficient (Wildman–Crippen LogP) is 2.34. The second kappa shape index (κ2) is 24.0. The lowest BCUT2D eigenvalue weighted by Gasteiger charge is -2.66. The molecule has 4 heterocycles. The Morgan fingerprint density at radius 1 is 0.709 bits per heavy atom. The molecule has 1 aromatic carbocycles. The highest BCUT2D eigenvalue weighted by molar-refractivity contribution is 5.89. The summed E-state index contributed by atoms with van der Waals surface area (Å²) in [6.45, 7) is 11.9. The van der Waals surface area contributed by atoms with E-state index in [2.05, 4.69) is 13.0 Å². The maximum atomic E-state index is 13.9. The van der Waals surface area contributed by atoms with E-state index in [0.29, 0.717) is 44.1 Å². The smallest absolute Gasteiger partial charge is 0.338 e. The minimum Gasteiger partial charge on any atom is -0.463 e. The summed E-state index contributed by atoms with van der Waals surface area (Å²) in [6, 6.07) is 8.75. The molecule has 7 N–H and O–H groups in total. The zero-order valence-corrected chi connectivity index (χ0v) is 47.1. The molecule has 0 radical (unpaired) electrons. The number of fused-ring (bicyclic) bond motifs is 5. The summed E-state index contributed by atoms with van der Waals surface area (Å²) in [7, 11) is 4.52. The lowest BCUT2D eigenvalue weighted by Crippen LogP contribution is -2.75. The summed E-state index contributed by atoms with van der Waals surface area (Å²) >= 11 is 0. The van der Waals surface area contributed by atoms with Crippen LogP contribution in [0, 0.1) is 22.7 Å². The fraction of sp³-hybridized carbons (Fsp3) is 0.825. The molecule has 22 nitrogen and oxygen atoms in total. The van der Waals surface area contributed by atoms with Crippen molar-refractivity contribution in [3.05, 3.63) is 47.5 Å². The molecular formula is C57H86O22. The van der Waals surface area contributed by atoms with Gasteiger partial charge in [-0.2, -0.15) is 0 Å². The minimum absolute atomic E-state index is 0.187. The van der Waals surface area contributed by atoms with Crippen molar-refractivity contribution >= 4 is 11.9 Å². The van der Waals surface area contributed by atoms with Crippen LogP contribution in [0.15, 0.2) is 42.0 Å². The number of ether oxygens (including phenoxy) is 13.